The Kier molecular flexibility index (Phi) is 6.12. The summed E-state index contributed by atoms with van der Waals surface area (Å²) in [5, 5.41) is 4.09. The molecule has 1 unspecified atom stereocenters. The van der Waals surface area contributed by atoms with Gasteiger partial charge in [-0.05, 0) is 23.6 Å². The van der Waals surface area contributed by atoms with Gasteiger partial charge in [0.15, 0.2) is 11.9 Å². The maximum Gasteiger partial charge on any atom is 0.285 e. The normalized spacial score (nSPS) is 13.2. The van der Waals surface area contributed by atoms with Crippen LogP contribution < -0.4 is 5.73 Å². The van der Waals surface area contributed by atoms with E-state index in [1.807, 2.05) is 19.1 Å². The second-order valence-corrected chi connectivity index (χ2v) is 6.24. The van der Waals surface area contributed by atoms with E-state index >= 15 is 0 Å². The van der Waals surface area contributed by atoms with Crippen LogP contribution >= 0.6 is 0 Å². The van der Waals surface area contributed by atoms with Gasteiger partial charge in [0.2, 0.25) is 0 Å². The molecular weight excluding hydrogens is 338 g/mol. The van der Waals surface area contributed by atoms with Gasteiger partial charge in [0, 0.05) is 18.3 Å². The van der Waals surface area contributed by atoms with Crippen molar-refractivity contribution < 1.29 is 10.3 Å². The van der Waals surface area contributed by atoms with Gasteiger partial charge in [0.05, 0.1) is 12.7 Å². The molecule has 0 amide bonds. The first kappa shape index (κ1) is 18.5. The molecule has 6 heteroatoms. The number of nitrogens with one attached hydrogen (secondary N) is 1. The van der Waals surface area contributed by atoms with E-state index in [0.29, 0.717) is 24.6 Å². The van der Waals surface area contributed by atoms with E-state index in [-0.39, 0.29) is 6.04 Å². The second-order valence-electron chi connectivity index (χ2n) is 6.24. The molecule has 0 aliphatic rings. The van der Waals surface area contributed by atoms with E-state index in [2.05, 4.69) is 62.8 Å². The van der Waals surface area contributed by atoms with Crippen molar-refractivity contribution in [3.63, 3.8) is 0 Å². The molecule has 27 heavy (non-hydrogen) atoms. The number of nitrogens with zero attached hydrogens (tertiary/aromatic N) is 3. The Bertz CT molecular complexity index is 920. The van der Waals surface area contributed by atoms with E-state index in [0.717, 1.165) is 22.4 Å². The summed E-state index contributed by atoms with van der Waals surface area (Å²) >= 11 is 0. The summed E-state index contributed by atoms with van der Waals surface area (Å²) in [6.45, 7) is 5.73. The molecule has 4 N–H and O–H groups in total. The highest BCUT2D eigenvalue weighted by molar-refractivity contribution is 5.74. The smallest absolute Gasteiger partial charge is 0.285 e. The van der Waals surface area contributed by atoms with Crippen molar-refractivity contribution in [1.29, 1.82) is 0 Å². The van der Waals surface area contributed by atoms with Crippen LogP contribution in [0.25, 0.3) is 5.57 Å². The van der Waals surface area contributed by atoms with E-state index in [1.54, 1.807) is 18.6 Å². The number of hydrogen-bond donors (Lipinski definition) is 2. The molecule has 3 aromatic rings. The third-order valence-corrected chi connectivity index (χ3v) is 4.23. The van der Waals surface area contributed by atoms with Crippen molar-refractivity contribution in [3.05, 3.63) is 96.2 Å². The minimum Gasteiger partial charge on any atom is -0.348 e. The fourth-order valence-electron chi connectivity index (χ4n) is 2.78. The molecule has 0 spiro atoms. The molecule has 0 radical (unpaired) electrons. The molecule has 0 saturated carbocycles. The van der Waals surface area contributed by atoms with Crippen molar-refractivity contribution >= 4 is 5.57 Å². The number of H-pyrrole nitrogens is 1. The van der Waals surface area contributed by atoms with Crippen molar-refractivity contribution in [2.24, 2.45) is 0 Å². The highest BCUT2D eigenvalue weighted by Crippen LogP contribution is 2.18. The van der Waals surface area contributed by atoms with Crippen LogP contribution in [-0.2, 0) is 12.8 Å². The third-order valence-electron chi connectivity index (χ3n) is 4.23. The standard InChI is InChI=1S/C21H23N5O/c1-3-5-6-16(4-2)17-9-7-15(8-10-17)11-20-25-21(27-26-20)19(22)12-18-13-23-14-24-18/h3-10,13-14,19H,1,11-12,22H2,2H3,(H,23,24)/p+1/b6-5-,16-4+. The van der Waals surface area contributed by atoms with E-state index < -0.39 is 0 Å². The lowest BCUT2D eigenvalue weighted by Crippen LogP contribution is -2.54. The quantitative estimate of drug-likeness (QED) is 0.602. The summed E-state index contributed by atoms with van der Waals surface area (Å²) in [5.74, 6) is 1.20. The Balaban J connectivity index is 1.65. The average Bonchev–Trinajstić information content (AvgIpc) is 3.36. The average molecular weight is 362 g/mol. The number of aromatic amines is 1. The number of hydrogen-bond acceptors (Lipinski definition) is 4. The van der Waals surface area contributed by atoms with Crippen LogP contribution in [-0.4, -0.2) is 20.1 Å². The third kappa shape index (κ3) is 4.89. The molecule has 0 aliphatic heterocycles. The maximum absolute atomic E-state index is 5.39. The van der Waals surface area contributed by atoms with Crippen molar-refractivity contribution in [1.82, 2.24) is 20.1 Å². The summed E-state index contributed by atoms with van der Waals surface area (Å²) in [4.78, 5) is 11.6. The number of rotatable bonds is 8. The van der Waals surface area contributed by atoms with Gasteiger partial charge in [-0.2, -0.15) is 4.98 Å². The molecule has 1 atom stereocenters. The maximum atomic E-state index is 5.39. The fraction of sp³-hybridized carbons (Fsp3) is 0.190. The van der Waals surface area contributed by atoms with E-state index in [9.17, 15) is 0 Å². The van der Waals surface area contributed by atoms with Crippen LogP contribution in [0.2, 0.25) is 0 Å². The molecule has 138 valence electrons. The largest absolute Gasteiger partial charge is 0.348 e. The van der Waals surface area contributed by atoms with E-state index in [4.69, 9.17) is 4.52 Å². The Morgan fingerprint density at radius 1 is 1.33 bits per heavy atom. The molecule has 6 nitrogen and oxygen atoms in total. The Hall–Kier alpha value is -3.25. The SMILES string of the molecule is C=C/C=C\C(=C/C)c1ccc(Cc2noc(C([NH3+])Cc3cnc[nH]3)n2)cc1. The molecular formula is C21H24N5O+. The zero-order valence-corrected chi connectivity index (χ0v) is 15.4. The molecule has 0 bridgehead atoms. The van der Waals surface area contributed by atoms with Gasteiger partial charge in [-0.25, -0.2) is 4.98 Å². The van der Waals surface area contributed by atoms with Gasteiger partial charge in [0.25, 0.3) is 5.89 Å². The molecule has 3 rings (SSSR count). The second kappa shape index (κ2) is 8.91. The highest BCUT2D eigenvalue weighted by Gasteiger charge is 2.19. The number of allylic oxidation sites excluding steroid dienone is 5. The van der Waals surface area contributed by atoms with Crippen molar-refractivity contribution in [2.75, 3.05) is 0 Å². The summed E-state index contributed by atoms with van der Waals surface area (Å²) in [6, 6.07) is 8.26. The lowest BCUT2D eigenvalue weighted by molar-refractivity contribution is -0.431. The topological polar surface area (TPSA) is 95.2 Å². The number of aromatic nitrogens is 4. The summed E-state index contributed by atoms with van der Waals surface area (Å²) in [5.41, 5.74) is 8.54. The van der Waals surface area contributed by atoms with Crippen molar-refractivity contribution in [3.8, 4) is 0 Å². The lowest BCUT2D eigenvalue weighted by atomic mass is 10.0. The molecule has 1 aromatic carbocycles. The fourth-order valence-corrected chi connectivity index (χ4v) is 2.78. The minimum absolute atomic E-state index is 0.108. The zero-order chi connectivity index (χ0) is 19.1. The molecule has 0 aliphatic carbocycles. The van der Waals surface area contributed by atoms with Crippen LogP contribution in [0.5, 0.6) is 0 Å². The van der Waals surface area contributed by atoms with Gasteiger partial charge in [-0.15, -0.1) is 0 Å². The first-order valence-corrected chi connectivity index (χ1v) is 8.87. The Morgan fingerprint density at radius 3 is 2.81 bits per heavy atom. The molecule has 0 fully saturated rings. The number of benzene rings is 1. The van der Waals surface area contributed by atoms with Crippen LogP contribution in [0.1, 0.15) is 41.5 Å². The van der Waals surface area contributed by atoms with Gasteiger partial charge in [-0.1, -0.05) is 60.3 Å². The van der Waals surface area contributed by atoms with E-state index in [1.165, 1.54) is 0 Å². The zero-order valence-electron chi connectivity index (χ0n) is 15.4. The number of quaternary nitrogens is 1. The first-order valence-electron chi connectivity index (χ1n) is 8.87. The predicted octanol–water partition coefficient (Wildman–Crippen LogP) is 3.05. The number of imidazole rings is 1. The first-order chi connectivity index (χ1) is 13.2. The lowest BCUT2D eigenvalue weighted by Gasteiger charge is -2.04. The molecule has 2 heterocycles. The van der Waals surface area contributed by atoms with Crippen LogP contribution in [0, 0.1) is 0 Å². The van der Waals surface area contributed by atoms with Crippen LogP contribution in [0.15, 0.2) is 72.2 Å². The van der Waals surface area contributed by atoms with Gasteiger partial charge >= 0.3 is 0 Å². The van der Waals surface area contributed by atoms with Crippen LogP contribution in [0.3, 0.4) is 0 Å². The highest BCUT2D eigenvalue weighted by atomic mass is 16.5. The Labute approximate surface area is 158 Å². The van der Waals surface area contributed by atoms with Gasteiger partial charge < -0.3 is 15.2 Å². The predicted molar refractivity (Wildman–Crippen MR) is 104 cm³/mol. The Morgan fingerprint density at radius 2 is 2.15 bits per heavy atom. The van der Waals surface area contributed by atoms with Gasteiger partial charge in [-0.3, -0.25) is 0 Å². The summed E-state index contributed by atoms with van der Waals surface area (Å²) in [7, 11) is 0. The summed E-state index contributed by atoms with van der Waals surface area (Å²) in [6.07, 6.45) is 12.6. The van der Waals surface area contributed by atoms with Crippen LogP contribution in [0.4, 0.5) is 0 Å². The monoisotopic (exact) mass is 362 g/mol. The minimum atomic E-state index is -0.108. The van der Waals surface area contributed by atoms with Crippen molar-refractivity contribution in [2.45, 2.75) is 25.8 Å². The summed E-state index contributed by atoms with van der Waals surface area (Å²) < 4.78 is 5.39. The molecule has 0 saturated heterocycles. The van der Waals surface area contributed by atoms with Gasteiger partial charge in [0.1, 0.15) is 0 Å². The molecule has 2 aromatic heterocycles.